The van der Waals surface area contributed by atoms with Gasteiger partial charge in [-0.15, -0.1) is 0 Å². The van der Waals surface area contributed by atoms with Crippen molar-refractivity contribution in [1.29, 1.82) is 0 Å². The average Bonchev–Trinajstić information content (AvgIpc) is 2.69. The lowest BCUT2D eigenvalue weighted by Gasteiger charge is -2.31. The maximum absolute atomic E-state index is 13.6. The van der Waals surface area contributed by atoms with Crippen LogP contribution in [0.2, 0.25) is 0 Å². The number of hydrogen-bond acceptors (Lipinski definition) is 3. The molecule has 3 aromatic rings. The van der Waals surface area contributed by atoms with Gasteiger partial charge in [-0.05, 0) is 62.7 Å². The Morgan fingerprint density at radius 1 is 0.786 bits per heavy atom. The largest absolute Gasteiger partial charge is 0.497 e. The van der Waals surface area contributed by atoms with Gasteiger partial charge in [-0.25, -0.2) is 8.42 Å². The van der Waals surface area contributed by atoms with Gasteiger partial charge in [-0.2, -0.15) is 0 Å². The molecule has 4 nitrogen and oxygen atoms in total. The molecule has 3 rings (SSSR count). The zero-order chi connectivity index (χ0) is 20.3. The average molecular weight is 396 g/mol. The minimum absolute atomic E-state index is 0.271. The van der Waals surface area contributed by atoms with Crippen molar-refractivity contribution >= 4 is 15.7 Å². The Labute approximate surface area is 167 Å². The van der Waals surface area contributed by atoms with E-state index in [4.69, 9.17) is 4.74 Å². The lowest BCUT2D eigenvalue weighted by molar-refractivity contribution is 0.415. The predicted octanol–water partition coefficient (Wildman–Crippen LogP) is 5.27. The van der Waals surface area contributed by atoms with Crippen LogP contribution in [0.25, 0.3) is 0 Å². The number of ether oxygens (including phenoxy) is 1. The summed E-state index contributed by atoms with van der Waals surface area (Å²) in [5, 5.41) is 0. The minimum Gasteiger partial charge on any atom is -0.497 e. The van der Waals surface area contributed by atoms with Crippen molar-refractivity contribution in [2.75, 3.05) is 11.4 Å². The first-order valence-corrected chi connectivity index (χ1v) is 10.6. The number of sulfonamides is 1. The molecule has 5 heteroatoms. The van der Waals surface area contributed by atoms with Crippen LogP contribution in [0.15, 0.2) is 77.7 Å². The molecule has 0 aliphatic carbocycles. The Hall–Kier alpha value is -2.79. The fraction of sp³-hybridized carbons (Fsp3) is 0.217. The molecule has 0 unspecified atom stereocenters. The van der Waals surface area contributed by atoms with E-state index in [1.54, 1.807) is 43.5 Å². The molecule has 0 radical (unpaired) electrons. The van der Waals surface area contributed by atoms with Crippen LogP contribution >= 0.6 is 0 Å². The number of anilines is 1. The third-order valence-corrected chi connectivity index (χ3v) is 6.73. The molecule has 0 amide bonds. The van der Waals surface area contributed by atoms with Gasteiger partial charge in [0.25, 0.3) is 10.0 Å². The van der Waals surface area contributed by atoms with Gasteiger partial charge in [0.2, 0.25) is 0 Å². The van der Waals surface area contributed by atoms with Crippen LogP contribution in [0.1, 0.15) is 29.7 Å². The molecular formula is C23H25NO3S. The molecule has 0 N–H and O–H groups in total. The van der Waals surface area contributed by atoms with E-state index >= 15 is 0 Å². The molecule has 0 fully saturated rings. The molecule has 0 heterocycles. The van der Waals surface area contributed by atoms with E-state index in [-0.39, 0.29) is 10.9 Å². The fourth-order valence-corrected chi connectivity index (χ4v) is 4.75. The molecule has 0 bridgehead atoms. The minimum atomic E-state index is -3.76. The Morgan fingerprint density at radius 3 is 1.79 bits per heavy atom. The second-order valence-corrected chi connectivity index (χ2v) is 8.71. The summed E-state index contributed by atoms with van der Waals surface area (Å²) in [6.07, 6.45) is 0. The van der Waals surface area contributed by atoms with E-state index < -0.39 is 10.0 Å². The van der Waals surface area contributed by atoms with E-state index in [1.165, 1.54) is 4.31 Å². The molecule has 28 heavy (non-hydrogen) atoms. The lowest BCUT2D eigenvalue weighted by atomic mass is 10.1. The summed E-state index contributed by atoms with van der Waals surface area (Å²) in [7, 11) is -2.17. The van der Waals surface area contributed by atoms with Gasteiger partial charge in [-0.3, -0.25) is 4.31 Å². The summed E-state index contributed by atoms with van der Waals surface area (Å²) in [6.45, 7) is 5.85. The summed E-state index contributed by atoms with van der Waals surface area (Å²) >= 11 is 0. The third-order valence-electron chi connectivity index (χ3n) is 4.82. The Kier molecular flexibility index (Phi) is 5.75. The van der Waals surface area contributed by atoms with E-state index in [9.17, 15) is 8.42 Å². The number of aryl methyl sites for hydroxylation is 2. The van der Waals surface area contributed by atoms with Gasteiger partial charge >= 0.3 is 0 Å². The highest BCUT2D eigenvalue weighted by Gasteiger charge is 2.30. The smallest absolute Gasteiger partial charge is 0.264 e. The number of nitrogens with zero attached hydrogens (tertiary/aromatic N) is 1. The number of methoxy groups -OCH3 is 1. The first-order valence-electron chi connectivity index (χ1n) is 9.14. The van der Waals surface area contributed by atoms with Gasteiger partial charge in [0, 0.05) is 0 Å². The van der Waals surface area contributed by atoms with E-state index in [2.05, 4.69) is 0 Å². The van der Waals surface area contributed by atoms with E-state index in [1.807, 2.05) is 57.2 Å². The molecular weight excluding hydrogens is 370 g/mol. The van der Waals surface area contributed by atoms with Crippen molar-refractivity contribution in [3.05, 3.63) is 89.5 Å². The molecule has 146 valence electrons. The van der Waals surface area contributed by atoms with Crippen molar-refractivity contribution in [3.8, 4) is 5.75 Å². The summed E-state index contributed by atoms with van der Waals surface area (Å²) in [6, 6.07) is 21.6. The third kappa shape index (κ3) is 4.04. The van der Waals surface area contributed by atoms with Crippen molar-refractivity contribution in [2.24, 2.45) is 0 Å². The second kappa shape index (κ2) is 8.07. The van der Waals surface area contributed by atoms with Gasteiger partial charge in [0.15, 0.2) is 0 Å². The molecule has 0 aliphatic rings. The maximum atomic E-state index is 13.6. The highest BCUT2D eigenvalue weighted by molar-refractivity contribution is 7.92. The summed E-state index contributed by atoms with van der Waals surface area (Å²) in [5.41, 5.74) is 3.67. The quantitative estimate of drug-likeness (QED) is 0.571. The summed E-state index contributed by atoms with van der Waals surface area (Å²) in [4.78, 5) is 0.271. The lowest BCUT2D eigenvalue weighted by Crippen LogP contribution is -2.33. The molecule has 0 saturated heterocycles. The molecule has 0 saturated carbocycles. The first-order chi connectivity index (χ1) is 13.3. The van der Waals surface area contributed by atoms with Crippen LogP contribution in [0.3, 0.4) is 0 Å². The Balaban J connectivity index is 2.12. The normalized spacial score (nSPS) is 12.4. The molecule has 0 spiro atoms. The predicted molar refractivity (Wildman–Crippen MR) is 113 cm³/mol. The van der Waals surface area contributed by atoms with Gasteiger partial charge in [0.05, 0.1) is 23.7 Å². The Bertz CT molecular complexity index is 1020. The second-order valence-electron chi connectivity index (χ2n) is 6.90. The first kappa shape index (κ1) is 20.0. The van der Waals surface area contributed by atoms with Crippen LogP contribution in [0, 0.1) is 13.8 Å². The van der Waals surface area contributed by atoms with E-state index in [0.29, 0.717) is 11.4 Å². The van der Waals surface area contributed by atoms with Crippen LogP contribution in [0.4, 0.5) is 5.69 Å². The highest BCUT2D eigenvalue weighted by atomic mass is 32.2. The summed E-state index contributed by atoms with van der Waals surface area (Å²) in [5.74, 6) is 0.680. The zero-order valence-electron chi connectivity index (χ0n) is 16.6. The number of rotatable bonds is 6. The van der Waals surface area contributed by atoms with Crippen LogP contribution in [0.5, 0.6) is 5.75 Å². The van der Waals surface area contributed by atoms with Crippen molar-refractivity contribution in [1.82, 2.24) is 0 Å². The standard InChI is InChI=1S/C23H25NO3S/c1-17-5-9-20(10-6-17)19(3)24(21-11-13-22(27-4)14-12-21)28(25,26)23-15-7-18(2)8-16-23/h5-16,19H,1-4H3/t19-/m1/s1. The fourth-order valence-electron chi connectivity index (χ4n) is 3.10. The van der Waals surface area contributed by atoms with Gasteiger partial charge in [-0.1, -0.05) is 47.5 Å². The number of benzene rings is 3. The highest BCUT2D eigenvalue weighted by Crippen LogP contribution is 2.34. The SMILES string of the molecule is COc1ccc(N([C@H](C)c2ccc(C)cc2)S(=O)(=O)c2ccc(C)cc2)cc1. The zero-order valence-corrected chi connectivity index (χ0v) is 17.4. The molecule has 0 aromatic heterocycles. The maximum Gasteiger partial charge on any atom is 0.264 e. The summed E-state index contributed by atoms with van der Waals surface area (Å²) < 4.78 is 33.8. The van der Waals surface area contributed by atoms with Crippen LogP contribution < -0.4 is 9.04 Å². The van der Waals surface area contributed by atoms with Gasteiger partial charge < -0.3 is 4.74 Å². The molecule has 0 aliphatic heterocycles. The Morgan fingerprint density at radius 2 is 1.29 bits per heavy atom. The molecule has 3 aromatic carbocycles. The molecule has 1 atom stereocenters. The van der Waals surface area contributed by atoms with Crippen LogP contribution in [-0.4, -0.2) is 15.5 Å². The topological polar surface area (TPSA) is 46.6 Å². The number of hydrogen-bond donors (Lipinski definition) is 0. The van der Waals surface area contributed by atoms with Crippen molar-refractivity contribution in [2.45, 2.75) is 31.7 Å². The van der Waals surface area contributed by atoms with Crippen LogP contribution in [-0.2, 0) is 10.0 Å². The van der Waals surface area contributed by atoms with E-state index in [0.717, 1.165) is 16.7 Å². The van der Waals surface area contributed by atoms with Crippen molar-refractivity contribution < 1.29 is 13.2 Å². The van der Waals surface area contributed by atoms with Crippen molar-refractivity contribution in [3.63, 3.8) is 0 Å². The monoisotopic (exact) mass is 395 g/mol. The van der Waals surface area contributed by atoms with Gasteiger partial charge in [0.1, 0.15) is 5.75 Å².